The van der Waals surface area contributed by atoms with E-state index < -0.39 is 23.8 Å². The first kappa shape index (κ1) is 15.5. The standard InChI is InChI=1S/C16H20O5/c1-3-5-8-11(4-2)16(19)20-14(17)12-9-6-7-10-13(12)15(18)21-16/h6-7,9-11,19H,3-5,8H2,1-2H3. The second-order valence-electron chi connectivity index (χ2n) is 5.20. The minimum absolute atomic E-state index is 0.115. The third-order valence-corrected chi connectivity index (χ3v) is 3.76. The molecule has 0 fully saturated rings. The summed E-state index contributed by atoms with van der Waals surface area (Å²) in [5.74, 6) is -4.13. The molecule has 0 aliphatic carbocycles. The first-order chi connectivity index (χ1) is 10.0. The fourth-order valence-corrected chi connectivity index (χ4v) is 2.50. The van der Waals surface area contributed by atoms with Crippen LogP contribution in [-0.4, -0.2) is 23.0 Å². The molecule has 0 saturated heterocycles. The summed E-state index contributed by atoms with van der Waals surface area (Å²) < 4.78 is 10.2. The van der Waals surface area contributed by atoms with Gasteiger partial charge in [-0.25, -0.2) is 9.59 Å². The zero-order valence-electron chi connectivity index (χ0n) is 12.3. The Morgan fingerprint density at radius 1 is 1.10 bits per heavy atom. The van der Waals surface area contributed by atoms with Gasteiger partial charge >= 0.3 is 17.9 Å². The number of hydrogen-bond acceptors (Lipinski definition) is 5. The summed E-state index contributed by atoms with van der Waals surface area (Å²) in [6, 6.07) is 6.23. The van der Waals surface area contributed by atoms with Crippen molar-refractivity contribution in [3.8, 4) is 0 Å². The van der Waals surface area contributed by atoms with Gasteiger partial charge in [-0.05, 0) is 25.0 Å². The topological polar surface area (TPSA) is 72.8 Å². The summed E-state index contributed by atoms with van der Waals surface area (Å²) in [4.78, 5) is 24.3. The lowest BCUT2D eigenvalue weighted by Crippen LogP contribution is -2.45. The van der Waals surface area contributed by atoms with E-state index in [0.717, 1.165) is 12.8 Å². The van der Waals surface area contributed by atoms with Gasteiger partial charge in [0.05, 0.1) is 17.0 Å². The lowest BCUT2D eigenvalue weighted by Gasteiger charge is -2.32. The van der Waals surface area contributed by atoms with Crippen molar-refractivity contribution < 1.29 is 24.2 Å². The number of fused-ring (bicyclic) bond motifs is 1. The van der Waals surface area contributed by atoms with Crippen LogP contribution < -0.4 is 0 Å². The van der Waals surface area contributed by atoms with Crippen molar-refractivity contribution in [3.63, 3.8) is 0 Å². The molecule has 1 atom stereocenters. The molecule has 2 rings (SSSR count). The monoisotopic (exact) mass is 292 g/mol. The van der Waals surface area contributed by atoms with Gasteiger partial charge in [-0.2, -0.15) is 0 Å². The number of ether oxygens (including phenoxy) is 2. The van der Waals surface area contributed by atoms with E-state index in [1.54, 1.807) is 12.1 Å². The average molecular weight is 292 g/mol. The number of rotatable bonds is 5. The summed E-state index contributed by atoms with van der Waals surface area (Å²) in [6.07, 6.45) is 2.94. The number of benzene rings is 1. The van der Waals surface area contributed by atoms with E-state index in [4.69, 9.17) is 9.47 Å². The normalized spacial score (nSPS) is 18.2. The smallest absolute Gasteiger partial charge is 0.376 e. The van der Waals surface area contributed by atoms with Gasteiger partial charge in [0.25, 0.3) is 0 Å². The highest BCUT2D eigenvalue weighted by molar-refractivity contribution is 6.04. The van der Waals surface area contributed by atoms with E-state index >= 15 is 0 Å². The molecular weight excluding hydrogens is 272 g/mol. The van der Waals surface area contributed by atoms with Gasteiger partial charge in [0, 0.05) is 0 Å². The Hall–Kier alpha value is -1.88. The molecule has 0 bridgehead atoms. The molecule has 1 heterocycles. The number of esters is 2. The Kier molecular flexibility index (Phi) is 4.63. The second-order valence-corrected chi connectivity index (χ2v) is 5.20. The van der Waals surface area contributed by atoms with E-state index in [0.29, 0.717) is 12.8 Å². The predicted molar refractivity (Wildman–Crippen MR) is 75.5 cm³/mol. The van der Waals surface area contributed by atoms with Crippen LogP contribution in [0.4, 0.5) is 0 Å². The molecular formula is C16H20O5. The number of hydrogen-bond donors (Lipinski definition) is 1. The summed E-state index contributed by atoms with van der Waals surface area (Å²) >= 11 is 0. The first-order valence-electron chi connectivity index (χ1n) is 7.30. The van der Waals surface area contributed by atoms with Crippen LogP contribution in [-0.2, 0) is 9.47 Å². The molecule has 0 aromatic heterocycles. The van der Waals surface area contributed by atoms with Crippen molar-refractivity contribution in [2.75, 3.05) is 0 Å². The molecule has 21 heavy (non-hydrogen) atoms. The van der Waals surface area contributed by atoms with Gasteiger partial charge in [0.2, 0.25) is 0 Å². The van der Waals surface area contributed by atoms with Crippen molar-refractivity contribution >= 4 is 11.9 Å². The molecule has 1 aromatic carbocycles. The Morgan fingerprint density at radius 2 is 1.62 bits per heavy atom. The van der Waals surface area contributed by atoms with E-state index in [2.05, 4.69) is 0 Å². The minimum atomic E-state index is -2.20. The summed E-state index contributed by atoms with van der Waals surface area (Å²) in [6.45, 7) is 3.88. The predicted octanol–water partition coefficient (Wildman–Crippen LogP) is 2.88. The maximum absolute atomic E-state index is 12.1. The summed E-state index contributed by atoms with van der Waals surface area (Å²) in [7, 11) is 0. The molecule has 5 heteroatoms. The lowest BCUT2D eigenvalue weighted by atomic mass is 9.96. The summed E-state index contributed by atoms with van der Waals surface area (Å²) in [5, 5.41) is 10.6. The zero-order chi connectivity index (χ0) is 15.5. The largest absolute Gasteiger partial charge is 0.394 e. The SMILES string of the molecule is CCCCC(CC)C1(O)OC(=O)c2ccccc2C(=O)O1. The molecule has 1 aliphatic heterocycles. The Labute approximate surface area is 123 Å². The molecule has 1 aliphatic rings. The van der Waals surface area contributed by atoms with Gasteiger partial charge in [0.15, 0.2) is 0 Å². The number of carbonyl (C=O) groups is 2. The van der Waals surface area contributed by atoms with Gasteiger partial charge < -0.3 is 14.6 Å². The third-order valence-electron chi connectivity index (χ3n) is 3.76. The second kappa shape index (κ2) is 6.26. The maximum atomic E-state index is 12.1. The fourth-order valence-electron chi connectivity index (χ4n) is 2.50. The van der Waals surface area contributed by atoms with E-state index in [-0.39, 0.29) is 11.1 Å². The van der Waals surface area contributed by atoms with E-state index in [1.165, 1.54) is 12.1 Å². The van der Waals surface area contributed by atoms with Crippen molar-refractivity contribution in [3.05, 3.63) is 35.4 Å². The van der Waals surface area contributed by atoms with E-state index in [1.807, 2.05) is 13.8 Å². The number of cyclic esters (lactones) is 2. The highest BCUT2D eigenvalue weighted by Gasteiger charge is 2.47. The quantitative estimate of drug-likeness (QED) is 0.845. The highest BCUT2D eigenvalue weighted by atomic mass is 16.8. The molecule has 0 spiro atoms. The Bertz CT molecular complexity index is 500. The maximum Gasteiger partial charge on any atom is 0.376 e. The summed E-state index contributed by atoms with van der Waals surface area (Å²) in [5.41, 5.74) is 0.229. The lowest BCUT2D eigenvalue weighted by molar-refractivity contribution is -0.333. The van der Waals surface area contributed by atoms with Gasteiger partial charge in [0.1, 0.15) is 0 Å². The molecule has 1 N–H and O–H groups in total. The minimum Gasteiger partial charge on any atom is -0.394 e. The molecule has 114 valence electrons. The molecule has 0 amide bonds. The molecule has 5 nitrogen and oxygen atoms in total. The Morgan fingerprint density at radius 3 is 2.05 bits per heavy atom. The van der Waals surface area contributed by atoms with Crippen molar-refractivity contribution in [2.24, 2.45) is 5.92 Å². The van der Waals surface area contributed by atoms with Crippen molar-refractivity contribution in [2.45, 2.75) is 45.5 Å². The third kappa shape index (κ3) is 3.08. The average Bonchev–Trinajstić information content (AvgIpc) is 2.56. The van der Waals surface area contributed by atoms with Crippen LogP contribution in [0.1, 0.15) is 60.2 Å². The highest BCUT2D eigenvalue weighted by Crippen LogP contribution is 2.33. The van der Waals surface area contributed by atoms with Crippen LogP contribution in [0.25, 0.3) is 0 Å². The number of carbonyl (C=O) groups excluding carboxylic acids is 2. The zero-order valence-corrected chi connectivity index (χ0v) is 12.3. The number of aliphatic hydroxyl groups is 1. The molecule has 1 unspecified atom stereocenters. The van der Waals surface area contributed by atoms with Crippen molar-refractivity contribution in [1.29, 1.82) is 0 Å². The van der Waals surface area contributed by atoms with Crippen LogP contribution >= 0.6 is 0 Å². The van der Waals surface area contributed by atoms with Gasteiger partial charge in [-0.1, -0.05) is 38.8 Å². The van der Waals surface area contributed by atoms with Crippen LogP contribution in [0.5, 0.6) is 0 Å². The first-order valence-corrected chi connectivity index (χ1v) is 7.30. The Balaban J connectivity index is 2.33. The van der Waals surface area contributed by atoms with Gasteiger partial charge in [-0.15, -0.1) is 0 Å². The molecule has 0 radical (unpaired) electrons. The molecule has 1 aromatic rings. The molecule has 0 saturated carbocycles. The van der Waals surface area contributed by atoms with Gasteiger partial charge in [-0.3, -0.25) is 0 Å². The van der Waals surface area contributed by atoms with Crippen LogP contribution in [0, 0.1) is 5.92 Å². The van der Waals surface area contributed by atoms with Crippen molar-refractivity contribution in [1.82, 2.24) is 0 Å². The van der Waals surface area contributed by atoms with Crippen LogP contribution in [0.15, 0.2) is 24.3 Å². The van der Waals surface area contributed by atoms with Crippen LogP contribution in [0.3, 0.4) is 0 Å². The fraction of sp³-hybridized carbons (Fsp3) is 0.500. The number of unbranched alkanes of at least 4 members (excludes halogenated alkanes) is 1. The van der Waals surface area contributed by atoms with E-state index in [9.17, 15) is 14.7 Å². The van der Waals surface area contributed by atoms with Crippen LogP contribution in [0.2, 0.25) is 0 Å².